The monoisotopic (exact) mass is 532 g/mol. The van der Waals surface area contributed by atoms with Gasteiger partial charge in [-0.05, 0) is 69.9 Å². The predicted octanol–water partition coefficient (Wildman–Crippen LogP) is 4.71. The van der Waals surface area contributed by atoms with Crippen LogP contribution in [0.5, 0.6) is 5.75 Å². The number of likely N-dealkylation sites (N-methyl/N-ethyl adjacent to an activating group) is 1. The van der Waals surface area contributed by atoms with Gasteiger partial charge in [0.15, 0.2) is 5.13 Å². The van der Waals surface area contributed by atoms with Crippen molar-refractivity contribution in [1.29, 1.82) is 0 Å². The fraction of sp³-hybridized carbons (Fsp3) is 0.462. The lowest BCUT2D eigenvalue weighted by Gasteiger charge is -2.23. The fourth-order valence-corrected chi connectivity index (χ4v) is 6.21. The largest absolute Gasteiger partial charge is 0.494 e. The molecule has 36 heavy (non-hydrogen) atoms. The normalized spacial score (nSPS) is 12.0. The Balaban J connectivity index is 1.90. The smallest absolute Gasteiger partial charge is 0.260 e. The van der Waals surface area contributed by atoms with Crippen LogP contribution in [0.4, 0.5) is 5.13 Å². The molecule has 0 unspecified atom stereocenters. The summed E-state index contributed by atoms with van der Waals surface area (Å²) in [6, 6.07) is 11.9. The highest BCUT2D eigenvalue weighted by Gasteiger charge is 2.25. The van der Waals surface area contributed by atoms with Gasteiger partial charge >= 0.3 is 0 Å². The average Bonchev–Trinajstić information content (AvgIpc) is 3.27. The maximum Gasteiger partial charge on any atom is 0.260 e. The fourth-order valence-electron chi connectivity index (χ4n) is 3.71. The van der Waals surface area contributed by atoms with Crippen molar-refractivity contribution >= 4 is 42.6 Å². The number of carbonyl (C=O) groups is 1. The van der Waals surface area contributed by atoms with Gasteiger partial charge in [-0.1, -0.05) is 31.6 Å². The van der Waals surface area contributed by atoms with Crippen LogP contribution in [0.2, 0.25) is 0 Å². The van der Waals surface area contributed by atoms with Gasteiger partial charge in [0.2, 0.25) is 10.0 Å². The molecule has 0 saturated heterocycles. The first-order chi connectivity index (χ1) is 17.2. The summed E-state index contributed by atoms with van der Waals surface area (Å²) in [5, 5.41) is 0.596. The molecule has 3 aromatic rings. The van der Waals surface area contributed by atoms with Crippen LogP contribution in [0.25, 0.3) is 10.2 Å². The van der Waals surface area contributed by atoms with E-state index in [1.165, 1.54) is 27.8 Å². The van der Waals surface area contributed by atoms with Crippen LogP contribution in [0.1, 0.15) is 44.0 Å². The number of thiazole rings is 1. The quantitative estimate of drug-likeness (QED) is 0.317. The lowest BCUT2D eigenvalue weighted by molar-refractivity contribution is 0.0985. The first-order valence-corrected chi connectivity index (χ1v) is 14.6. The van der Waals surface area contributed by atoms with E-state index in [1.807, 2.05) is 58.0 Å². The van der Waals surface area contributed by atoms with E-state index in [-0.39, 0.29) is 10.8 Å². The second-order valence-electron chi connectivity index (χ2n) is 8.69. The third-order valence-corrected chi connectivity index (χ3v) is 8.79. The van der Waals surface area contributed by atoms with Crippen LogP contribution in [-0.4, -0.2) is 75.4 Å². The SMILES string of the molecule is CCCCN(CC)S(=O)(=O)c1ccc(C(=O)N(CCN(C)C)c2nc3ccc(OCC)cc3s2)cc1. The predicted molar refractivity (Wildman–Crippen MR) is 147 cm³/mol. The molecule has 1 amide bonds. The third-order valence-electron chi connectivity index (χ3n) is 5.76. The lowest BCUT2D eigenvalue weighted by Crippen LogP contribution is -2.36. The summed E-state index contributed by atoms with van der Waals surface area (Å²) in [6.07, 6.45) is 1.72. The highest BCUT2D eigenvalue weighted by molar-refractivity contribution is 7.89. The molecule has 3 rings (SSSR count). The molecule has 0 spiro atoms. The molecule has 196 valence electrons. The first-order valence-electron chi connectivity index (χ1n) is 12.3. The van der Waals surface area contributed by atoms with Crippen LogP contribution in [0, 0.1) is 0 Å². The summed E-state index contributed by atoms with van der Waals surface area (Å²) >= 11 is 1.43. The Morgan fingerprint density at radius 2 is 1.72 bits per heavy atom. The molecule has 0 fully saturated rings. The zero-order valence-electron chi connectivity index (χ0n) is 21.7. The minimum atomic E-state index is -3.61. The third kappa shape index (κ3) is 6.61. The molecule has 1 heterocycles. The highest BCUT2D eigenvalue weighted by atomic mass is 32.2. The number of ether oxygens (including phenoxy) is 1. The van der Waals surface area contributed by atoms with Crippen molar-refractivity contribution in [3.8, 4) is 5.75 Å². The second-order valence-corrected chi connectivity index (χ2v) is 11.6. The summed E-state index contributed by atoms with van der Waals surface area (Å²) < 4.78 is 34.1. The molecule has 0 bridgehead atoms. The number of benzene rings is 2. The van der Waals surface area contributed by atoms with E-state index in [0.29, 0.717) is 43.5 Å². The van der Waals surface area contributed by atoms with Gasteiger partial charge in [0.05, 0.1) is 21.7 Å². The van der Waals surface area contributed by atoms with E-state index in [1.54, 1.807) is 17.0 Å². The van der Waals surface area contributed by atoms with Crippen molar-refractivity contribution in [3.05, 3.63) is 48.0 Å². The second kappa shape index (κ2) is 12.6. The zero-order valence-corrected chi connectivity index (χ0v) is 23.4. The summed E-state index contributed by atoms with van der Waals surface area (Å²) in [4.78, 5) is 22.2. The Kier molecular flexibility index (Phi) is 9.84. The van der Waals surface area contributed by atoms with Crippen LogP contribution in [0.15, 0.2) is 47.4 Å². The van der Waals surface area contributed by atoms with Crippen LogP contribution >= 0.6 is 11.3 Å². The van der Waals surface area contributed by atoms with Gasteiger partial charge in [-0.15, -0.1) is 0 Å². The van der Waals surface area contributed by atoms with Crippen molar-refractivity contribution in [2.45, 2.75) is 38.5 Å². The Morgan fingerprint density at radius 3 is 2.33 bits per heavy atom. The molecule has 0 radical (unpaired) electrons. The molecule has 0 aliphatic carbocycles. The van der Waals surface area contributed by atoms with Crippen LogP contribution in [-0.2, 0) is 10.0 Å². The molecule has 0 aliphatic heterocycles. The first kappa shape index (κ1) is 28.0. The molecule has 8 nitrogen and oxygen atoms in total. The van der Waals surface area contributed by atoms with E-state index < -0.39 is 10.0 Å². The number of hydrogen-bond acceptors (Lipinski definition) is 7. The number of aromatic nitrogens is 1. The van der Waals surface area contributed by atoms with E-state index in [0.717, 1.165) is 28.8 Å². The molecule has 1 aromatic heterocycles. The molecule has 0 atom stereocenters. The van der Waals surface area contributed by atoms with Gasteiger partial charge in [-0.3, -0.25) is 9.69 Å². The molecular formula is C26H36N4O4S2. The minimum Gasteiger partial charge on any atom is -0.494 e. The number of nitrogens with zero attached hydrogens (tertiary/aromatic N) is 4. The minimum absolute atomic E-state index is 0.195. The molecule has 0 N–H and O–H groups in total. The van der Waals surface area contributed by atoms with Crippen molar-refractivity contribution in [2.24, 2.45) is 0 Å². The Hall–Kier alpha value is -2.53. The van der Waals surface area contributed by atoms with E-state index in [2.05, 4.69) is 0 Å². The number of unbranched alkanes of at least 4 members (excludes halogenated alkanes) is 1. The number of carbonyl (C=O) groups excluding carboxylic acids is 1. The topological polar surface area (TPSA) is 83.1 Å². The van der Waals surface area contributed by atoms with E-state index in [4.69, 9.17) is 9.72 Å². The van der Waals surface area contributed by atoms with E-state index in [9.17, 15) is 13.2 Å². The van der Waals surface area contributed by atoms with Crippen molar-refractivity contribution < 1.29 is 17.9 Å². The maximum atomic E-state index is 13.6. The van der Waals surface area contributed by atoms with Gasteiger partial charge in [0.1, 0.15) is 5.75 Å². The van der Waals surface area contributed by atoms with Gasteiger partial charge in [-0.25, -0.2) is 13.4 Å². The number of sulfonamides is 1. The average molecular weight is 533 g/mol. The number of rotatable bonds is 13. The maximum absolute atomic E-state index is 13.6. The van der Waals surface area contributed by atoms with Crippen molar-refractivity contribution in [3.63, 3.8) is 0 Å². The van der Waals surface area contributed by atoms with Crippen molar-refractivity contribution in [1.82, 2.24) is 14.2 Å². The molecule has 2 aromatic carbocycles. The number of amides is 1. The molecule has 0 saturated carbocycles. The van der Waals surface area contributed by atoms with Crippen LogP contribution in [0.3, 0.4) is 0 Å². The number of fused-ring (bicyclic) bond motifs is 1. The molecular weight excluding hydrogens is 496 g/mol. The van der Waals surface area contributed by atoms with E-state index >= 15 is 0 Å². The molecule has 0 aliphatic rings. The van der Waals surface area contributed by atoms with Gasteiger partial charge in [-0.2, -0.15) is 4.31 Å². The Labute approximate surface area is 218 Å². The molecule has 10 heteroatoms. The van der Waals surface area contributed by atoms with Gasteiger partial charge < -0.3 is 9.64 Å². The Morgan fingerprint density at radius 1 is 1.00 bits per heavy atom. The van der Waals surface area contributed by atoms with Crippen LogP contribution < -0.4 is 9.64 Å². The van der Waals surface area contributed by atoms with Gasteiger partial charge in [0, 0.05) is 31.7 Å². The highest BCUT2D eigenvalue weighted by Crippen LogP contribution is 2.32. The number of anilines is 1. The lowest BCUT2D eigenvalue weighted by atomic mass is 10.2. The summed E-state index contributed by atoms with van der Waals surface area (Å²) in [5.41, 5.74) is 1.22. The standard InChI is InChI=1S/C26H36N4O4S2/c1-6-9-16-29(7-2)36(32,33)22-13-10-20(11-14-22)25(31)30(18-17-28(4)5)26-27-23-15-12-21(34-8-3)19-24(23)35-26/h10-15,19H,6-9,16-18H2,1-5H3. The number of hydrogen-bond donors (Lipinski definition) is 0. The summed E-state index contributed by atoms with van der Waals surface area (Å²) in [5.74, 6) is 0.548. The Bertz CT molecular complexity index is 1260. The van der Waals surface area contributed by atoms with Gasteiger partial charge in [0.25, 0.3) is 5.91 Å². The van der Waals surface area contributed by atoms with Crippen molar-refractivity contribution in [2.75, 3.05) is 51.8 Å². The zero-order chi connectivity index (χ0) is 26.3. The summed E-state index contributed by atoms with van der Waals surface area (Å²) in [7, 11) is 0.297. The summed E-state index contributed by atoms with van der Waals surface area (Å²) in [6.45, 7) is 8.37.